The third-order valence-electron chi connectivity index (χ3n) is 4.74. The van der Waals surface area contributed by atoms with Gasteiger partial charge in [0.15, 0.2) is 0 Å². The van der Waals surface area contributed by atoms with Gasteiger partial charge in [0, 0.05) is 24.5 Å². The third kappa shape index (κ3) is 3.61. The molecule has 1 saturated carbocycles. The van der Waals surface area contributed by atoms with Gasteiger partial charge in [-0.2, -0.15) is 0 Å². The van der Waals surface area contributed by atoms with Crippen molar-refractivity contribution in [3.05, 3.63) is 23.2 Å². The second-order valence-electron chi connectivity index (χ2n) is 6.52. The fraction of sp³-hybridized carbons (Fsp3) is 0.529. The van der Waals surface area contributed by atoms with Gasteiger partial charge in [0.1, 0.15) is 0 Å². The van der Waals surface area contributed by atoms with Crippen LogP contribution in [0.3, 0.4) is 0 Å². The first-order valence-electron chi connectivity index (χ1n) is 8.08. The Kier molecular flexibility index (Phi) is 4.48. The molecule has 2 fully saturated rings. The number of anilines is 2. The van der Waals surface area contributed by atoms with Gasteiger partial charge in [-0.1, -0.05) is 11.6 Å². The molecule has 2 aliphatic rings. The molecule has 0 aromatic heterocycles. The molecule has 1 aromatic carbocycles. The molecule has 1 aliphatic carbocycles. The molecule has 2 N–H and O–H groups in total. The van der Waals surface area contributed by atoms with Crippen LogP contribution in [-0.2, 0) is 9.59 Å². The third-order valence-corrected chi connectivity index (χ3v) is 4.97. The summed E-state index contributed by atoms with van der Waals surface area (Å²) in [6.45, 7) is 1.92. The highest BCUT2D eigenvalue weighted by Crippen LogP contribution is 2.49. The van der Waals surface area contributed by atoms with Gasteiger partial charge in [0.05, 0.1) is 16.8 Å². The maximum absolute atomic E-state index is 12.3. The monoisotopic (exact) mass is 336 g/mol. The molecule has 0 unspecified atom stereocenters. The first-order chi connectivity index (χ1) is 11.0. The number of rotatable bonds is 5. The molecule has 1 aliphatic heterocycles. The van der Waals surface area contributed by atoms with E-state index in [-0.39, 0.29) is 12.3 Å². The second kappa shape index (κ2) is 6.40. The summed E-state index contributed by atoms with van der Waals surface area (Å²) in [5.41, 5.74) is 0.779. The maximum atomic E-state index is 12.3. The van der Waals surface area contributed by atoms with Crippen molar-refractivity contribution in [2.45, 2.75) is 38.5 Å². The van der Waals surface area contributed by atoms with E-state index < -0.39 is 11.4 Å². The number of nitrogens with zero attached hydrogens (tertiary/aromatic N) is 1. The van der Waals surface area contributed by atoms with Crippen molar-refractivity contribution in [2.75, 3.05) is 23.3 Å². The maximum Gasteiger partial charge on any atom is 0.310 e. The van der Waals surface area contributed by atoms with Crippen molar-refractivity contribution in [1.82, 2.24) is 0 Å². The first-order valence-corrected chi connectivity index (χ1v) is 8.46. The van der Waals surface area contributed by atoms with Crippen LogP contribution in [0.1, 0.15) is 38.5 Å². The topological polar surface area (TPSA) is 69.6 Å². The quantitative estimate of drug-likeness (QED) is 0.863. The van der Waals surface area contributed by atoms with Crippen LogP contribution in [0.15, 0.2) is 18.2 Å². The van der Waals surface area contributed by atoms with Gasteiger partial charge in [-0.25, -0.2) is 0 Å². The highest BCUT2D eigenvalue weighted by Gasteiger charge is 2.51. The van der Waals surface area contributed by atoms with Crippen molar-refractivity contribution in [1.29, 1.82) is 0 Å². The van der Waals surface area contributed by atoms with Gasteiger partial charge in [0.2, 0.25) is 5.91 Å². The van der Waals surface area contributed by atoms with Crippen LogP contribution in [-0.4, -0.2) is 30.1 Å². The number of carboxylic acid groups (broad SMARTS) is 1. The van der Waals surface area contributed by atoms with Gasteiger partial charge in [-0.3, -0.25) is 9.59 Å². The van der Waals surface area contributed by atoms with Crippen molar-refractivity contribution in [2.24, 2.45) is 5.41 Å². The van der Waals surface area contributed by atoms with Crippen LogP contribution in [0, 0.1) is 5.41 Å². The van der Waals surface area contributed by atoms with Crippen molar-refractivity contribution < 1.29 is 14.7 Å². The van der Waals surface area contributed by atoms with Crippen molar-refractivity contribution in [3.63, 3.8) is 0 Å². The van der Waals surface area contributed by atoms with Crippen molar-refractivity contribution >= 4 is 34.9 Å². The molecule has 0 bridgehead atoms. The summed E-state index contributed by atoms with van der Waals surface area (Å²) in [7, 11) is 0. The van der Waals surface area contributed by atoms with E-state index >= 15 is 0 Å². The summed E-state index contributed by atoms with van der Waals surface area (Å²) in [6.07, 6.45) is 4.67. The molecule has 5 nitrogen and oxygen atoms in total. The first kappa shape index (κ1) is 16.1. The molecular formula is C17H21ClN2O3. The van der Waals surface area contributed by atoms with Gasteiger partial charge < -0.3 is 15.3 Å². The SMILES string of the molecule is O=C(CC1(C(=O)O)CC1)Nc1cc(Cl)ccc1N1CCCCC1. The number of hydrogen-bond donors (Lipinski definition) is 2. The molecular weight excluding hydrogens is 316 g/mol. The average Bonchev–Trinajstić information content (AvgIpc) is 3.29. The molecule has 124 valence electrons. The molecule has 1 saturated heterocycles. The largest absolute Gasteiger partial charge is 0.481 e. The Bertz CT molecular complexity index is 622. The molecule has 0 atom stereocenters. The van der Waals surface area contributed by atoms with Crippen LogP contribution in [0.25, 0.3) is 0 Å². The number of carbonyl (C=O) groups excluding carboxylic acids is 1. The van der Waals surface area contributed by atoms with E-state index in [0.717, 1.165) is 31.6 Å². The van der Waals surface area contributed by atoms with E-state index in [1.807, 2.05) is 12.1 Å². The predicted molar refractivity (Wildman–Crippen MR) is 90.1 cm³/mol. The zero-order valence-corrected chi connectivity index (χ0v) is 13.7. The number of carboxylic acids is 1. The molecule has 1 aromatic rings. The average molecular weight is 337 g/mol. The number of nitrogens with one attached hydrogen (secondary N) is 1. The van der Waals surface area contributed by atoms with E-state index in [9.17, 15) is 14.7 Å². The Hall–Kier alpha value is -1.75. The van der Waals surface area contributed by atoms with E-state index in [0.29, 0.717) is 23.6 Å². The fourth-order valence-corrected chi connectivity index (χ4v) is 3.31. The van der Waals surface area contributed by atoms with Gasteiger partial charge in [0.25, 0.3) is 0 Å². The fourth-order valence-electron chi connectivity index (χ4n) is 3.14. The smallest absolute Gasteiger partial charge is 0.310 e. The molecule has 1 heterocycles. The summed E-state index contributed by atoms with van der Waals surface area (Å²) < 4.78 is 0. The van der Waals surface area contributed by atoms with E-state index in [1.54, 1.807) is 6.07 Å². The Balaban J connectivity index is 1.74. The lowest BCUT2D eigenvalue weighted by Gasteiger charge is -2.30. The molecule has 23 heavy (non-hydrogen) atoms. The molecule has 3 rings (SSSR count). The lowest BCUT2D eigenvalue weighted by atomic mass is 10.0. The Labute approximate surface area is 140 Å². The second-order valence-corrected chi connectivity index (χ2v) is 6.96. The number of amides is 1. The highest BCUT2D eigenvalue weighted by molar-refractivity contribution is 6.31. The lowest BCUT2D eigenvalue weighted by molar-refractivity contribution is -0.145. The zero-order valence-electron chi connectivity index (χ0n) is 13.0. The number of piperidine rings is 1. The summed E-state index contributed by atoms with van der Waals surface area (Å²) in [4.78, 5) is 25.8. The van der Waals surface area contributed by atoms with Crippen molar-refractivity contribution in [3.8, 4) is 0 Å². The van der Waals surface area contributed by atoms with Gasteiger partial charge >= 0.3 is 5.97 Å². The standard InChI is InChI=1S/C17H21ClN2O3/c18-12-4-5-14(20-8-2-1-3-9-20)13(10-12)19-15(21)11-17(6-7-17)16(22)23/h4-5,10H,1-3,6-9,11H2,(H,19,21)(H,22,23). The number of benzene rings is 1. The normalized spacial score (nSPS) is 19.3. The highest BCUT2D eigenvalue weighted by atomic mass is 35.5. The number of hydrogen-bond acceptors (Lipinski definition) is 3. The van der Waals surface area contributed by atoms with Crippen LogP contribution in [0.5, 0.6) is 0 Å². The Morgan fingerprint density at radius 2 is 1.91 bits per heavy atom. The predicted octanol–water partition coefficient (Wildman–Crippen LogP) is 3.52. The Morgan fingerprint density at radius 3 is 2.52 bits per heavy atom. The molecule has 0 spiro atoms. The van der Waals surface area contributed by atoms with Crippen LogP contribution in [0.4, 0.5) is 11.4 Å². The Morgan fingerprint density at radius 1 is 1.22 bits per heavy atom. The van der Waals surface area contributed by atoms with Gasteiger partial charge in [-0.15, -0.1) is 0 Å². The molecule has 1 amide bonds. The van der Waals surface area contributed by atoms with Crippen LogP contribution >= 0.6 is 11.6 Å². The lowest BCUT2D eigenvalue weighted by Crippen LogP contribution is -2.31. The van der Waals surface area contributed by atoms with Gasteiger partial charge in [-0.05, 0) is 50.3 Å². The minimum Gasteiger partial charge on any atom is -0.481 e. The zero-order chi connectivity index (χ0) is 16.4. The summed E-state index contributed by atoms with van der Waals surface area (Å²) in [5.74, 6) is -1.14. The van der Waals surface area contributed by atoms with E-state index in [1.165, 1.54) is 6.42 Å². The minimum atomic E-state index is -0.880. The van der Waals surface area contributed by atoms with Crippen LogP contribution < -0.4 is 10.2 Å². The summed E-state index contributed by atoms with van der Waals surface area (Å²) >= 11 is 6.07. The number of halogens is 1. The summed E-state index contributed by atoms with van der Waals surface area (Å²) in [5, 5.41) is 12.6. The minimum absolute atomic E-state index is 0.0221. The summed E-state index contributed by atoms with van der Waals surface area (Å²) in [6, 6.07) is 5.48. The molecule has 6 heteroatoms. The molecule has 0 radical (unpaired) electrons. The van der Waals surface area contributed by atoms with Crippen LogP contribution in [0.2, 0.25) is 5.02 Å². The van der Waals surface area contributed by atoms with E-state index in [4.69, 9.17) is 11.6 Å². The number of carbonyl (C=O) groups is 2. The number of aliphatic carboxylic acids is 1. The van der Waals surface area contributed by atoms with E-state index in [2.05, 4.69) is 10.2 Å².